The number of rotatable bonds is 8. The van der Waals surface area contributed by atoms with Crippen molar-refractivity contribution in [1.82, 2.24) is 15.2 Å². The number of aryl methyl sites for hydroxylation is 1. The average Bonchev–Trinajstić information content (AvgIpc) is 2.99. The lowest BCUT2D eigenvalue weighted by molar-refractivity contribution is 0.285. The Balaban J connectivity index is 1.80. The fraction of sp³-hybridized carbons (Fsp3) is 0.533. The molecule has 0 saturated carbocycles. The lowest BCUT2D eigenvalue weighted by Crippen LogP contribution is -2.17. The van der Waals surface area contributed by atoms with Crippen molar-refractivity contribution in [1.29, 1.82) is 0 Å². The molecule has 0 aliphatic carbocycles. The van der Waals surface area contributed by atoms with Crippen LogP contribution in [0.1, 0.15) is 35.4 Å². The van der Waals surface area contributed by atoms with Crippen molar-refractivity contribution < 1.29 is 4.42 Å². The first-order chi connectivity index (χ1) is 9.67. The van der Waals surface area contributed by atoms with Crippen molar-refractivity contribution in [3.8, 4) is 0 Å². The highest BCUT2D eigenvalue weighted by Crippen LogP contribution is 2.13. The van der Waals surface area contributed by atoms with Crippen molar-refractivity contribution in [2.24, 2.45) is 0 Å². The lowest BCUT2D eigenvalue weighted by atomic mass is 10.3. The van der Waals surface area contributed by atoms with E-state index in [1.54, 1.807) is 11.3 Å². The van der Waals surface area contributed by atoms with Gasteiger partial charge in [-0.2, -0.15) is 0 Å². The Hall–Kier alpha value is -1.17. The molecule has 2 aromatic rings. The monoisotopic (exact) mass is 293 g/mol. The highest BCUT2D eigenvalue weighted by molar-refractivity contribution is 7.09. The molecule has 1 N–H and O–H groups in total. The number of furan rings is 1. The Morgan fingerprint density at radius 2 is 2.25 bits per heavy atom. The van der Waals surface area contributed by atoms with E-state index in [-0.39, 0.29) is 0 Å². The van der Waals surface area contributed by atoms with Gasteiger partial charge in [0, 0.05) is 24.0 Å². The number of nitrogens with one attached hydrogen (secondary N) is 1. The summed E-state index contributed by atoms with van der Waals surface area (Å²) in [5, 5.41) is 6.62. The minimum Gasteiger partial charge on any atom is -0.468 e. The van der Waals surface area contributed by atoms with Gasteiger partial charge >= 0.3 is 0 Å². The van der Waals surface area contributed by atoms with Crippen molar-refractivity contribution in [3.05, 3.63) is 39.7 Å². The quantitative estimate of drug-likeness (QED) is 0.759. The Kier molecular flexibility index (Phi) is 5.76. The van der Waals surface area contributed by atoms with Crippen LogP contribution >= 0.6 is 11.3 Å². The van der Waals surface area contributed by atoms with Gasteiger partial charge in [-0.3, -0.25) is 4.90 Å². The minimum absolute atomic E-state index is 0.810. The van der Waals surface area contributed by atoms with Crippen molar-refractivity contribution in [2.75, 3.05) is 13.6 Å². The Labute approximate surface area is 124 Å². The molecule has 0 amide bonds. The lowest BCUT2D eigenvalue weighted by Gasteiger charge is -2.13. The summed E-state index contributed by atoms with van der Waals surface area (Å²) in [5.41, 5.74) is 2.35. The van der Waals surface area contributed by atoms with Crippen LogP contribution in [0.3, 0.4) is 0 Å². The van der Waals surface area contributed by atoms with Crippen LogP contribution in [0.5, 0.6) is 0 Å². The molecule has 4 nitrogen and oxygen atoms in total. The van der Waals surface area contributed by atoms with E-state index in [9.17, 15) is 0 Å². The highest BCUT2D eigenvalue weighted by Gasteiger charge is 2.08. The van der Waals surface area contributed by atoms with Gasteiger partial charge in [0.15, 0.2) is 0 Å². The topological polar surface area (TPSA) is 41.3 Å². The van der Waals surface area contributed by atoms with Crippen LogP contribution in [0, 0.1) is 6.92 Å². The zero-order chi connectivity index (χ0) is 14.4. The predicted molar refractivity (Wildman–Crippen MR) is 82.7 cm³/mol. The standard InChI is InChI=1S/C15H23N3OS/c1-4-5-16-7-13-6-15(19-10-13)9-18(3)8-14-11-20-12(2)17-14/h6,10-11,16H,4-5,7-9H2,1-3H3. The Bertz CT molecular complexity index is 521. The molecule has 110 valence electrons. The van der Waals surface area contributed by atoms with Crippen molar-refractivity contribution >= 4 is 11.3 Å². The summed E-state index contributed by atoms with van der Waals surface area (Å²) >= 11 is 1.70. The predicted octanol–water partition coefficient (Wildman–Crippen LogP) is 3.18. The number of aromatic nitrogens is 1. The van der Waals surface area contributed by atoms with Gasteiger partial charge in [-0.25, -0.2) is 4.98 Å². The summed E-state index contributed by atoms with van der Waals surface area (Å²) in [6.45, 7) is 7.80. The molecule has 5 heteroatoms. The highest BCUT2D eigenvalue weighted by atomic mass is 32.1. The smallest absolute Gasteiger partial charge is 0.118 e. The van der Waals surface area contributed by atoms with E-state index in [4.69, 9.17) is 4.42 Å². The van der Waals surface area contributed by atoms with E-state index in [0.29, 0.717) is 0 Å². The maximum atomic E-state index is 5.61. The fourth-order valence-corrected chi connectivity index (χ4v) is 2.69. The third-order valence-corrected chi connectivity index (χ3v) is 3.81. The van der Waals surface area contributed by atoms with Crippen LogP contribution in [0.2, 0.25) is 0 Å². The number of nitrogens with zero attached hydrogens (tertiary/aromatic N) is 2. The summed E-state index contributed by atoms with van der Waals surface area (Å²) in [6, 6.07) is 2.13. The Morgan fingerprint density at radius 3 is 2.95 bits per heavy atom. The summed E-state index contributed by atoms with van der Waals surface area (Å²) in [6.07, 6.45) is 3.00. The van der Waals surface area contributed by atoms with Crippen molar-refractivity contribution in [3.63, 3.8) is 0 Å². The first kappa shape index (κ1) is 15.2. The number of thiazole rings is 1. The van der Waals surface area contributed by atoms with Crippen LogP contribution in [0.15, 0.2) is 22.1 Å². The van der Waals surface area contributed by atoms with E-state index < -0.39 is 0 Å². The SMILES string of the molecule is CCCNCc1coc(CN(C)Cc2csc(C)n2)c1. The van der Waals surface area contributed by atoms with Crippen LogP contribution in [0.25, 0.3) is 0 Å². The largest absolute Gasteiger partial charge is 0.468 e. The Morgan fingerprint density at radius 1 is 1.40 bits per heavy atom. The summed E-state index contributed by atoms with van der Waals surface area (Å²) < 4.78 is 5.61. The number of hydrogen-bond donors (Lipinski definition) is 1. The summed E-state index contributed by atoms with van der Waals surface area (Å²) in [7, 11) is 2.09. The molecule has 0 bridgehead atoms. The molecule has 0 spiro atoms. The molecule has 0 atom stereocenters. The van der Waals surface area contributed by atoms with E-state index >= 15 is 0 Å². The molecule has 2 heterocycles. The van der Waals surface area contributed by atoms with Gasteiger partial charge in [0.25, 0.3) is 0 Å². The van der Waals surface area contributed by atoms with E-state index in [0.717, 1.165) is 49.1 Å². The third kappa shape index (κ3) is 4.74. The van der Waals surface area contributed by atoms with Gasteiger partial charge in [0.05, 0.1) is 23.5 Å². The second-order valence-corrected chi connectivity index (χ2v) is 6.19. The van der Waals surface area contributed by atoms with Crippen LogP contribution in [0.4, 0.5) is 0 Å². The van der Waals surface area contributed by atoms with E-state index in [2.05, 4.69) is 40.6 Å². The van der Waals surface area contributed by atoms with Gasteiger partial charge in [0.2, 0.25) is 0 Å². The molecule has 20 heavy (non-hydrogen) atoms. The second kappa shape index (κ2) is 7.57. The molecule has 2 rings (SSSR count). The van der Waals surface area contributed by atoms with Gasteiger partial charge < -0.3 is 9.73 Å². The van der Waals surface area contributed by atoms with Crippen LogP contribution in [-0.4, -0.2) is 23.5 Å². The molecule has 0 unspecified atom stereocenters. The first-order valence-electron chi connectivity index (χ1n) is 7.04. The fourth-order valence-electron chi connectivity index (χ4n) is 2.09. The van der Waals surface area contributed by atoms with Crippen LogP contribution in [-0.2, 0) is 19.6 Å². The van der Waals surface area contributed by atoms with Gasteiger partial charge in [-0.05, 0) is 33.0 Å². The normalized spacial score (nSPS) is 11.4. The molecule has 0 aromatic carbocycles. The van der Waals surface area contributed by atoms with Gasteiger partial charge in [-0.1, -0.05) is 6.92 Å². The molecule has 2 aromatic heterocycles. The minimum atomic E-state index is 0.810. The molecular formula is C15H23N3OS. The molecule has 0 fully saturated rings. The van der Waals surface area contributed by atoms with Gasteiger partial charge in [-0.15, -0.1) is 11.3 Å². The summed E-state index contributed by atoms with van der Waals surface area (Å²) in [5.74, 6) is 1.01. The number of hydrogen-bond acceptors (Lipinski definition) is 5. The van der Waals surface area contributed by atoms with E-state index in [1.165, 1.54) is 5.56 Å². The van der Waals surface area contributed by atoms with Gasteiger partial charge in [0.1, 0.15) is 5.76 Å². The zero-order valence-electron chi connectivity index (χ0n) is 12.5. The maximum Gasteiger partial charge on any atom is 0.118 e. The second-order valence-electron chi connectivity index (χ2n) is 5.13. The first-order valence-corrected chi connectivity index (χ1v) is 7.92. The maximum absolute atomic E-state index is 5.61. The summed E-state index contributed by atoms with van der Waals surface area (Å²) in [4.78, 5) is 6.70. The molecule has 0 aliphatic heterocycles. The third-order valence-electron chi connectivity index (χ3n) is 2.99. The zero-order valence-corrected chi connectivity index (χ0v) is 13.3. The van der Waals surface area contributed by atoms with Crippen LogP contribution < -0.4 is 5.32 Å². The van der Waals surface area contributed by atoms with E-state index in [1.807, 2.05) is 13.2 Å². The molecule has 0 saturated heterocycles. The average molecular weight is 293 g/mol. The van der Waals surface area contributed by atoms with Crippen molar-refractivity contribution in [2.45, 2.75) is 39.9 Å². The molecular weight excluding hydrogens is 270 g/mol. The molecule has 0 radical (unpaired) electrons. The molecule has 0 aliphatic rings.